The lowest BCUT2D eigenvalue weighted by Crippen LogP contribution is -2.57. The van der Waals surface area contributed by atoms with Crippen molar-refractivity contribution in [3.05, 3.63) is 59.9 Å². The van der Waals surface area contributed by atoms with E-state index in [4.69, 9.17) is 10.2 Å². The average Bonchev–Trinajstić information content (AvgIpc) is 3.42. The third-order valence-corrected chi connectivity index (χ3v) is 6.09. The summed E-state index contributed by atoms with van der Waals surface area (Å²) in [7, 11) is 0. The van der Waals surface area contributed by atoms with Gasteiger partial charge in [0.05, 0.1) is 0 Å². The van der Waals surface area contributed by atoms with Crippen molar-refractivity contribution in [3.63, 3.8) is 0 Å². The number of amides is 1. The van der Waals surface area contributed by atoms with E-state index in [-0.39, 0.29) is 11.2 Å². The van der Waals surface area contributed by atoms with Crippen LogP contribution >= 0.6 is 0 Å². The van der Waals surface area contributed by atoms with E-state index in [0.29, 0.717) is 11.7 Å². The molecule has 4 aromatic rings. The number of H-pyrrole nitrogens is 1. The summed E-state index contributed by atoms with van der Waals surface area (Å²) in [6, 6.07) is 14.0. The molecule has 7 nitrogen and oxygen atoms in total. The fourth-order valence-corrected chi connectivity index (χ4v) is 4.47. The largest absolute Gasteiger partial charge is 0.435 e. The van der Waals surface area contributed by atoms with E-state index in [0.717, 1.165) is 52.9 Å². The van der Waals surface area contributed by atoms with Crippen LogP contribution in [0.5, 0.6) is 0 Å². The van der Waals surface area contributed by atoms with Crippen LogP contribution < -0.4 is 16.0 Å². The first-order chi connectivity index (χ1) is 15.3. The molecule has 0 atom stereocenters. The van der Waals surface area contributed by atoms with Crippen LogP contribution in [0.2, 0.25) is 0 Å². The van der Waals surface area contributed by atoms with Gasteiger partial charge in [-0.15, -0.1) is 0 Å². The van der Waals surface area contributed by atoms with Crippen molar-refractivity contribution >= 4 is 22.5 Å². The van der Waals surface area contributed by atoms with Crippen LogP contribution in [-0.2, 0) is 0 Å². The minimum Gasteiger partial charge on any atom is -0.435 e. The maximum absolute atomic E-state index is 12.2. The van der Waals surface area contributed by atoms with Gasteiger partial charge in [-0.2, -0.15) is 0 Å². The highest BCUT2D eigenvalue weighted by Gasteiger charge is 2.26. The van der Waals surface area contributed by atoms with Gasteiger partial charge in [-0.1, -0.05) is 6.07 Å². The fourth-order valence-electron chi connectivity index (χ4n) is 4.47. The van der Waals surface area contributed by atoms with Crippen molar-refractivity contribution in [1.29, 1.82) is 0 Å². The van der Waals surface area contributed by atoms with E-state index in [1.54, 1.807) is 0 Å². The second-order valence-corrected chi connectivity index (χ2v) is 9.04. The molecule has 1 fully saturated rings. The van der Waals surface area contributed by atoms with Crippen molar-refractivity contribution < 1.29 is 9.21 Å². The smallest absolute Gasteiger partial charge is 0.271 e. The number of carbonyl (C=O) groups is 1. The number of hydrogen-bond acceptors (Lipinski definition) is 5. The molecular formula is C25H27N5O2. The Morgan fingerprint density at radius 3 is 2.66 bits per heavy atom. The first-order valence-corrected chi connectivity index (χ1v) is 10.8. The number of oxazole rings is 1. The van der Waals surface area contributed by atoms with Crippen LogP contribution in [0.15, 0.2) is 53.1 Å². The third kappa shape index (κ3) is 3.54. The summed E-state index contributed by atoms with van der Waals surface area (Å²) in [4.78, 5) is 22.2. The van der Waals surface area contributed by atoms with Gasteiger partial charge in [-0.3, -0.25) is 4.79 Å². The van der Waals surface area contributed by atoms with E-state index < -0.39 is 5.91 Å². The number of aryl methyl sites for hydroxylation is 1. The topological polar surface area (TPSA) is 100 Å². The zero-order valence-corrected chi connectivity index (χ0v) is 18.5. The standard InChI is InChI=1S/C25H27N5O2/c1-15-4-9-19(18-10-11-27-20(15)18)24-29-21(23(26)31)22(32-24)16-5-7-17(8-6-16)30-13-12-28-25(2,3)14-30/h4-11,27-28H,12-14H2,1-3H3,(H2,26,31). The average molecular weight is 430 g/mol. The predicted octanol–water partition coefficient (Wildman–Crippen LogP) is 4.09. The molecule has 5 rings (SSSR count). The van der Waals surface area contributed by atoms with Gasteiger partial charge in [-0.05, 0) is 62.7 Å². The fraction of sp³-hybridized carbons (Fsp3) is 0.280. The number of primary amides is 1. The van der Waals surface area contributed by atoms with Gasteiger partial charge in [0.2, 0.25) is 5.89 Å². The van der Waals surface area contributed by atoms with Gasteiger partial charge in [0, 0.05) is 59.1 Å². The molecule has 2 aromatic heterocycles. The summed E-state index contributed by atoms with van der Waals surface area (Å²) in [5.41, 5.74) is 10.7. The molecule has 3 heterocycles. The van der Waals surface area contributed by atoms with E-state index in [1.807, 2.05) is 43.5 Å². The molecule has 0 aliphatic carbocycles. The van der Waals surface area contributed by atoms with E-state index in [2.05, 4.69) is 46.2 Å². The molecule has 1 amide bonds. The van der Waals surface area contributed by atoms with Gasteiger partial charge in [-0.25, -0.2) is 4.98 Å². The summed E-state index contributed by atoms with van der Waals surface area (Å²) >= 11 is 0. The molecule has 1 saturated heterocycles. The highest BCUT2D eigenvalue weighted by Crippen LogP contribution is 2.35. The Morgan fingerprint density at radius 1 is 1.16 bits per heavy atom. The lowest BCUT2D eigenvalue weighted by Gasteiger charge is -2.40. The number of benzene rings is 2. The molecule has 32 heavy (non-hydrogen) atoms. The van der Waals surface area contributed by atoms with E-state index >= 15 is 0 Å². The highest BCUT2D eigenvalue weighted by molar-refractivity contribution is 5.99. The highest BCUT2D eigenvalue weighted by atomic mass is 16.4. The monoisotopic (exact) mass is 429 g/mol. The molecule has 1 aliphatic heterocycles. The first kappa shape index (κ1) is 20.3. The molecule has 0 spiro atoms. The Labute approximate surface area is 186 Å². The zero-order chi connectivity index (χ0) is 22.5. The summed E-state index contributed by atoms with van der Waals surface area (Å²) < 4.78 is 6.13. The van der Waals surface area contributed by atoms with E-state index in [1.165, 1.54) is 0 Å². The molecule has 0 radical (unpaired) electrons. The number of aromatic nitrogens is 2. The second-order valence-electron chi connectivity index (χ2n) is 9.04. The van der Waals surface area contributed by atoms with Gasteiger partial charge in [0.1, 0.15) is 0 Å². The zero-order valence-electron chi connectivity index (χ0n) is 18.5. The van der Waals surface area contributed by atoms with Crippen LogP contribution in [0.25, 0.3) is 33.7 Å². The number of nitrogens with zero attached hydrogens (tertiary/aromatic N) is 2. The van der Waals surface area contributed by atoms with E-state index in [9.17, 15) is 4.79 Å². The number of nitrogens with one attached hydrogen (secondary N) is 2. The molecule has 0 saturated carbocycles. The quantitative estimate of drug-likeness (QED) is 0.454. The Hall–Kier alpha value is -3.58. The lowest BCUT2D eigenvalue weighted by molar-refractivity contribution is 0.0996. The second kappa shape index (κ2) is 7.53. The maximum atomic E-state index is 12.2. The van der Waals surface area contributed by atoms with Crippen molar-refractivity contribution in [3.8, 4) is 22.8 Å². The van der Waals surface area contributed by atoms with Gasteiger partial charge >= 0.3 is 0 Å². The number of aromatic amines is 1. The minimum atomic E-state index is -0.611. The summed E-state index contributed by atoms with van der Waals surface area (Å²) in [6.07, 6.45) is 1.89. The minimum absolute atomic E-state index is 0.0630. The predicted molar refractivity (Wildman–Crippen MR) is 127 cm³/mol. The first-order valence-electron chi connectivity index (χ1n) is 10.8. The third-order valence-electron chi connectivity index (χ3n) is 6.09. The van der Waals surface area contributed by atoms with Crippen LogP contribution in [-0.4, -0.2) is 41.0 Å². The molecular weight excluding hydrogens is 402 g/mol. The maximum Gasteiger partial charge on any atom is 0.271 e. The molecule has 0 bridgehead atoms. The van der Waals surface area contributed by atoms with Crippen LogP contribution in [0.1, 0.15) is 29.9 Å². The van der Waals surface area contributed by atoms with Crippen molar-refractivity contribution in [2.45, 2.75) is 26.3 Å². The number of piperazine rings is 1. The number of hydrogen-bond donors (Lipinski definition) is 3. The van der Waals surface area contributed by atoms with Crippen molar-refractivity contribution in [1.82, 2.24) is 15.3 Å². The SMILES string of the molecule is Cc1ccc(-c2nc(C(N)=O)c(-c3ccc(N4CCNC(C)(C)C4)cc3)o2)c2cc[nH]c12. The molecule has 1 aliphatic rings. The molecule has 7 heteroatoms. The van der Waals surface area contributed by atoms with Crippen LogP contribution in [0.4, 0.5) is 5.69 Å². The Kier molecular flexibility index (Phi) is 4.78. The van der Waals surface area contributed by atoms with Crippen molar-refractivity contribution in [2.75, 3.05) is 24.5 Å². The number of fused-ring (bicyclic) bond motifs is 1. The van der Waals surface area contributed by atoms with Gasteiger partial charge in [0.15, 0.2) is 11.5 Å². The van der Waals surface area contributed by atoms with Crippen LogP contribution in [0.3, 0.4) is 0 Å². The number of nitrogens with two attached hydrogens (primary N) is 1. The Balaban J connectivity index is 1.52. The molecule has 164 valence electrons. The number of anilines is 1. The summed E-state index contributed by atoms with van der Waals surface area (Å²) in [5, 5.41) is 4.52. The normalized spacial score (nSPS) is 15.9. The Bertz CT molecular complexity index is 1300. The molecule has 4 N–H and O–H groups in total. The number of rotatable bonds is 4. The van der Waals surface area contributed by atoms with Crippen molar-refractivity contribution in [2.24, 2.45) is 5.73 Å². The van der Waals surface area contributed by atoms with Gasteiger partial charge in [0.25, 0.3) is 5.91 Å². The summed E-state index contributed by atoms with van der Waals surface area (Å²) in [5.74, 6) is 0.163. The van der Waals surface area contributed by atoms with Crippen LogP contribution in [0, 0.1) is 6.92 Å². The Morgan fingerprint density at radius 2 is 1.94 bits per heavy atom. The lowest BCUT2D eigenvalue weighted by atomic mass is 10.0. The van der Waals surface area contributed by atoms with Gasteiger partial charge < -0.3 is 25.4 Å². The molecule has 0 unspecified atom stereocenters. The number of carbonyl (C=O) groups excluding carboxylic acids is 1. The summed E-state index contributed by atoms with van der Waals surface area (Å²) in [6.45, 7) is 9.26. The molecule has 2 aromatic carbocycles.